The molecule has 1 saturated heterocycles. The average Bonchev–Trinajstić information content (AvgIpc) is 3.04. The number of fused-ring (bicyclic) bond motifs is 1. The van der Waals surface area contributed by atoms with E-state index >= 15 is 0 Å². The molecule has 1 aromatic heterocycles. The minimum atomic E-state index is 0.123. The Kier molecular flexibility index (Phi) is 3.15. The molecule has 18 heavy (non-hydrogen) atoms. The topological polar surface area (TPSA) is 42.2 Å². The van der Waals surface area contributed by atoms with Crippen molar-refractivity contribution in [2.75, 3.05) is 13.1 Å². The monoisotopic (exact) mass is 243 g/mol. The van der Waals surface area contributed by atoms with Crippen LogP contribution in [-0.4, -0.2) is 18.9 Å². The van der Waals surface area contributed by atoms with E-state index < -0.39 is 0 Å². The molecule has 1 N–H and O–H groups in total. The molecule has 0 bridgehead atoms. The Bertz CT molecular complexity index is 519. The molecule has 0 saturated carbocycles. The van der Waals surface area contributed by atoms with E-state index in [1.54, 1.807) is 0 Å². The molecule has 3 rings (SSSR count). The number of hydrogen-bond acceptors (Lipinski definition) is 3. The van der Waals surface area contributed by atoms with Crippen LogP contribution in [0.2, 0.25) is 0 Å². The molecule has 0 aliphatic carbocycles. The van der Waals surface area contributed by atoms with Gasteiger partial charge in [-0.05, 0) is 44.0 Å². The van der Waals surface area contributed by atoms with E-state index in [0.717, 1.165) is 30.5 Å². The fraction of sp³-hybridized carbons (Fsp3) is 0.400. The number of benzene rings is 1. The maximum atomic E-state index is 12.1. The molecule has 1 aromatic carbocycles. The molecule has 1 fully saturated rings. The van der Waals surface area contributed by atoms with Crippen LogP contribution in [0.3, 0.4) is 0 Å². The summed E-state index contributed by atoms with van der Waals surface area (Å²) in [5.74, 6) is 1.28. The first kappa shape index (κ1) is 11.5. The van der Waals surface area contributed by atoms with Gasteiger partial charge in [0.2, 0.25) is 0 Å². The van der Waals surface area contributed by atoms with Crippen molar-refractivity contribution in [3.05, 3.63) is 36.1 Å². The van der Waals surface area contributed by atoms with Crippen LogP contribution in [0.15, 0.2) is 34.7 Å². The quantitative estimate of drug-likeness (QED) is 0.839. The number of para-hydroxylation sites is 1. The lowest BCUT2D eigenvalue weighted by Crippen LogP contribution is -2.10. The molecule has 1 aliphatic heterocycles. The lowest BCUT2D eigenvalue weighted by Gasteiger charge is -2.05. The number of carbonyl (C=O) groups excluding carboxylic acids is 1. The number of ketones is 1. The zero-order valence-electron chi connectivity index (χ0n) is 10.3. The summed E-state index contributed by atoms with van der Waals surface area (Å²) in [6.07, 6.45) is 2.74. The summed E-state index contributed by atoms with van der Waals surface area (Å²) in [7, 11) is 0. The highest BCUT2D eigenvalue weighted by molar-refractivity contribution is 5.97. The van der Waals surface area contributed by atoms with Crippen molar-refractivity contribution in [2.24, 2.45) is 5.92 Å². The van der Waals surface area contributed by atoms with Gasteiger partial charge in [-0.15, -0.1) is 0 Å². The normalized spacial score (nSPS) is 19.4. The SMILES string of the molecule is O=C(CCC1CCNC1)c1cc2ccccc2o1. The van der Waals surface area contributed by atoms with Crippen molar-refractivity contribution in [3.63, 3.8) is 0 Å². The highest BCUT2D eigenvalue weighted by atomic mass is 16.3. The van der Waals surface area contributed by atoms with Crippen LogP contribution in [0.25, 0.3) is 11.0 Å². The Balaban J connectivity index is 1.67. The van der Waals surface area contributed by atoms with Crippen molar-refractivity contribution in [3.8, 4) is 0 Å². The molecule has 2 heterocycles. The first-order valence-corrected chi connectivity index (χ1v) is 6.55. The number of nitrogens with one attached hydrogen (secondary N) is 1. The van der Waals surface area contributed by atoms with Crippen molar-refractivity contribution in [1.82, 2.24) is 5.32 Å². The number of furan rings is 1. The second-order valence-electron chi connectivity index (χ2n) is 4.97. The zero-order chi connectivity index (χ0) is 12.4. The summed E-state index contributed by atoms with van der Waals surface area (Å²) in [6.45, 7) is 2.14. The minimum absolute atomic E-state index is 0.123. The number of hydrogen-bond donors (Lipinski definition) is 1. The summed E-state index contributed by atoms with van der Waals surface area (Å²) in [6, 6.07) is 9.59. The third-order valence-electron chi connectivity index (χ3n) is 3.64. The maximum absolute atomic E-state index is 12.1. The maximum Gasteiger partial charge on any atom is 0.198 e. The van der Waals surface area contributed by atoms with Gasteiger partial charge < -0.3 is 9.73 Å². The van der Waals surface area contributed by atoms with Gasteiger partial charge in [0.15, 0.2) is 11.5 Å². The van der Waals surface area contributed by atoms with Crippen LogP contribution in [0.5, 0.6) is 0 Å². The predicted octanol–water partition coefficient (Wildman–Crippen LogP) is 3.01. The van der Waals surface area contributed by atoms with Crippen LogP contribution >= 0.6 is 0 Å². The molecule has 94 valence electrons. The van der Waals surface area contributed by atoms with Gasteiger partial charge in [0, 0.05) is 11.8 Å². The molecule has 0 radical (unpaired) electrons. The lowest BCUT2D eigenvalue weighted by atomic mass is 10.0. The Morgan fingerprint density at radius 3 is 3.06 bits per heavy atom. The molecule has 0 spiro atoms. The smallest absolute Gasteiger partial charge is 0.198 e. The summed E-state index contributed by atoms with van der Waals surface area (Å²) >= 11 is 0. The van der Waals surface area contributed by atoms with Gasteiger partial charge in [0.1, 0.15) is 5.58 Å². The Morgan fingerprint density at radius 2 is 2.28 bits per heavy atom. The first-order valence-electron chi connectivity index (χ1n) is 6.55. The molecule has 3 heteroatoms. The number of rotatable bonds is 4. The van der Waals surface area contributed by atoms with Gasteiger partial charge in [-0.25, -0.2) is 0 Å². The van der Waals surface area contributed by atoms with Crippen molar-refractivity contribution in [1.29, 1.82) is 0 Å². The second-order valence-corrected chi connectivity index (χ2v) is 4.97. The van der Waals surface area contributed by atoms with Crippen LogP contribution < -0.4 is 5.32 Å². The van der Waals surface area contributed by atoms with E-state index in [-0.39, 0.29) is 5.78 Å². The average molecular weight is 243 g/mol. The van der Waals surface area contributed by atoms with Crippen molar-refractivity contribution in [2.45, 2.75) is 19.3 Å². The van der Waals surface area contributed by atoms with Crippen LogP contribution in [0, 0.1) is 5.92 Å². The predicted molar refractivity (Wildman–Crippen MR) is 70.8 cm³/mol. The number of Topliss-reactive ketones (excluding diaryl/α,β-unsaturated/α-hetero) is 1. The Morgan fingerprint density at radius 1 is 1.39 bits per heavy atom. The third-order valence-corrected chi connectivity index (χ3v) is 3.64. The molecule has 0 amide bonds. The first-order chi connectivity index (χ1) is 8.83. The van der Waals surface area contributed by atoms with Crippen molar-refractivity contribution < 1.29 is 9.21 Å². The van der Waals surface area contributed by atoms with E-state index in [9.17, 15) is 4.79 Å². The Labute approximate surface area is 106 Å². The summed E-state index contributed by atoms with van der Waals surface area (Å²) < 4.78 is 5.58. The molecule has 1 aliphatic rings. The summed E-state index contributed by atoms with van der Waals surface area (Å²) in [4.78, 5) is 12.1. The van der Waals surface area contributed by atoms with Crippen LogP contribution in [0.4, 0.5) is 0 Å². The Hall–Kier alpha value is -1.61. The highest BCUT2D eigenvalue weighted by Gasteiger charge is 2.18. The van der Waals surface area contributed by atoms with E-state index in [0.29, 0.717) is 18.1 Å². The largest absolute Gasteiger partial charge is 0.453 e. The van der Waals surface area contributed by atoms with Gasteiger partial charge in [-0.1, -0.05) is 18.2 Å². The summed E-state index contributed by atoms with van der Waals surface area (Å²) in [5, 5.41) is 4.33. The lowest BCUT2D eigenvalue weighted by molar-refractivity contribution is 0.0950. The molecular weight excluding hydrogens is 226 g/mol. The fourth-order valence-corrected chi connectivity index (χ4v) is 2.54. The zero-order valence-corrected chi connectivity index (χ0v) is 10.3. The van der Waals surface area contributed by atoms with Gasteiger partial charge in [0.25, 0.3) is 0 Å². The van der Waals surface area contributed by atoms with E-state index in [2.05, 4.69) is 5.32 Å². The summed E-state index contributed by atoms with van der Waals surface area (Å²) in [5.41, 5.74) is 0.795. The minimum Gasteiger partial charge on any atom is -0.453 e. The standard InChI is InChI=1S/C15H17NO2/c17-13(6-5-11-7-8-16-10-11)15-9-12-3-1-2-4-14(12)18-15/h1-4,9,11,16H,5-8,10H2. The van der Waals surface area contributed by atoms with Gasteiger partial charge in [-0.3, -0.25) is 4.79 Å². The van der Waals surface area contributed by atoms with E-state index in [4.69, 9.17) is 4.42 Å². The molecule has 1 unspecified atom stereocenters. The fourth-order valence-electron chi connectivity index (χ4n) is 2.54. The third kappa shape index (κ3) is 2.31. The second kappa shape index (κ2) is 4.94. The highest BCUT2D eigenvalue weighted by Crippen LogP contribution is 2.22. The van der Waals surface area contributed by atoms with Gasteiger partial charge >= 0.3 is 0 Å². The molecule has 3 nitrogen and oxygen atoms in total. The van der Waals surface area contributed by atoms with Crippen LogP contribution in [-0.2, 0) is 0 Å². The molecular formula is C15H17NO2. The van der Waals surface area contributed by atoms with Gasteiger partial charge in [-0.2, -0.15) is 0 Å². The molecule has 2 aromatic rings. The van der Waals surface area contributed by atoms with Crippen molar-refractivity contribution >= 4 is 16.8 Å². The number of carbonyl (C=O) groups is 1. The molecule has 1 atom stereocenters. The van der Waals surface area contributed by atoms with E-state index in [1.165, 1.54) is 6.42 Å². The van der Waals surface area contributed by atoms with E-state index in [1.807, 2.05) is 30.3 Å². The van der Waals surface area contributed by atoms with Gasteiger partial charge in [0.05, 0.1) is 0 Å². The van der Waals surface area contributed by atoms with Crippen LogP contribution in [0.1, 0.15) is 29.8 Å².